The molecule has 1 fully saturated rings. The van der Waals surface area contributed by atoms with Crippen LogP contribution >= 0.6 is 0 Å². The summed E-state index contributed by atoms with van der Waals surface area (Å²) < 4.78 is 43.6. The van der Waals surface area contributed by atoms with Gasteiger partial charge in [-0.15, -0.1) is 0 Å². The zero-order valence-electron chi connectivity index (χ0n) is 16.4. The van der Waals surface area contributed by atoms with Crippen LogP contribution in [0.15, 0.2) is 48.5 Å². The number of hydrogen-bond acceptors (Lipinski definition) is 5. The van der Waals surface area contributed by atoms with E-state index in [2.05, 4.69) is 5.32 Å². The minimum atomic E-state index is -4.42. The molecule has 1 aliphatic carbocycles. The number of halogens is 3. The molecule has 30 heavy (non-hydrogen) atoms. The Morgan fingerprint density at radius 2 is 1.70 bits per heavy atom. The van der Waals surface area contributed by atoms with Gasteiger partial charge >= 0.3 is 6.18 Å². The summed E-state index contributed by atoms with van der Waals surface area (Å²) in [7, 11) is 3.20. The number of nitrogens with zero attached hydrogens (tertiary/aromatic N) is 1. The number of amides is 1. The van der Waals surface area contributed by atoms with E-state index >= 15 is 0 Å². The van der Waals surface area contributed by atoms with Crippen LogP contribution in [-0.2, 0) is 15.7 Å². The van der Waals surface area contributed by atoms with E-state index in [4.69, 9.17) is 15.6 Å². The van der Waals surface area contributed by atoms with Gasteiger partial charge in [-0.1, -0.05) is 12.1 Å². The predicted octanol–water partition coefficient (Wildman–Crippen LogP) is 4.88. The minimum absolute atomic E-state index is 0. The smallest absolute Gasteiger partial charge is 0.416 e. The predicted molar refractivity (Wildman–Crippen MR) is 109 cm³/mol. The van der Waals surface area contributed by atoms with E-state index in [1.54, 1.807) is 38.4 Å². The summed E-state index contributed by atoms with van der Waals surface area (Å²) in [6.07, 6.45) is -3.45. The third-order valence-corrected chi connectivity index (χ3v) is 4.87. The molecule has 2 aromatic rings. The number of ether oxygens (including phenoxy) is 1. The van der Waals surface area contributed by atoms with Crippen molar-refractivity contribution in [2.45, 2.75) is 19.0 Å². The van der Waals surface area contributed by atoms with Gasteiger partial charge in [0.2, 0.25) is 17.7 Å². The second-order valence-corrected chi connectivity index (χ2v) is 7.29. The van der Waals surface area contributed by atoms with E-state index in [9.17, 15) is 18.0 Å². The van der Waals surface area contributed by atoms with E-state index in [0.717, 1.165) is 12.1 Å². The molecular weight excluding hydrogens is 397 g/mol. The van der Waals surface area contributed by atoms with E-state index in [1.807, 2.05) is 0 Å². The van der Waals surface area contributed by atoms with Crippen molar-refractivity contribution in [2.24, 2.45) is 5.41 Å². The quantitative estimate of drug-likeness (QED) is 0.476. The number of rotatable bonds is 5. The average Bonchev–Trinajstić information content (AvgIpc) is 3.49. The molecule has 0 atom stereocenters. The highest BCUT2D eigenvalue weighted by Gasteiger charge is 2.56. The van der Waals surface area contributed by atoms with Crippen LogP contribution in [0.2, 0.25) is 0 Å². The number of para-hydroxylation sites is 1. The van der Waals surface area contributed by atoms with Gasteiger partial charge in [0.1, 0.15) is 5.41 Å². The first kappa shape index (κ1) is 21.4. The van der Waals surface area contributed by atoms with Crippen molar-refractivity contribution in [2.75, 3.05) is 19.4 Å². The number of anilines is 2. The molecule has 160 valence electrons. The number of carbonyl (C=O) groups excluding carboxylic acids is 1. The van der Waals surface area contributed by atoms with Crippen LogP contribution in [0.1, 0.15) is 25.4 Å². The fourth-order valence-corrected chi connectivity index (χ4v) is 3.03. The highest BCUT2D eigenvalue weighted by molar-refractivity contribution is 6.12. The van der Waals surface area contributed by atoms with Gasteiger partial charge < -0.3 is 15.0 Å². The molecule has 0 heterocycles. The fraction of sp³-hybridized carbons (Fsp3) is 0.286. The van der Waals surface area contributed by atoms with Gasteiger partial charge in [0.25, 0.3) is 0 Å². The molecular formula is C21H23F3N4O2. The Labute approximate surface area is 173 Å². The summed E-state index contributed by atoms with van der Waals surface area (Å²) in [5, 5.41) is 19.4. The number of benzene rings is 2. The Morgan fingerprint density at radius 3 is 2.23 bits per heavy atom. The number of alkyl halides is 3. The Morgan fingerprint density at radius 1 is 1.10 bits per heavy atom. The zero-order chi connectivity index (χ0) is 22.1. The summed E-state index contributed by atoms with van der Waals surface area (Å²) in [5.41, 5.74) is -0.633. The Bertz CT molecular complexity index is 987. The SMILES string of the molecule is CN(C)C(=O)C1(C(=N)OC(=N)c2ccccc2Nc2ccc(C(F)(F)F)cc2)CC1.[HH]. The topological polar surface area (TPSA) is 89.3 Å². The summed E-state index contributed by atoms with van der Waals surface area (Å²) >= 11 is 0. The van der Waals surface area contributed by atoms with Crippen molar-refractivity contribution in [3.05, 3.63) is 59.7 Å². The largest absolute Gasteiger partial charge is 0.424 e. The molecule has 1 aliphatic rings. The molecule has 6 nitrogen and oxygen atoms in total. The monoisotopic (exact) mass is 420 g/mol. The van der Waals surface area contributed by atoms with Crippen LogP contribution in [0.4, 0.5) is 24.5 Å². The summed E-state index contributed by atoms with van der Waals surface area (Å²) in [5.74, 6) is -0.847. The molecule has 0 bridgehead atoms. The van der Waals surface area contributed by atoms with Gasteiger partial charge in [0, 0.05) is 21.2 Å². The maximum absolute atomic E-state index is 12.7. The molecule has 0 aromatic heterocycles. The lowest BCUT2D eigenvalue weighted by molar-refractivity contribution is -0.137. The van der Waals surface area contributed by atoms with E-state index in [0.29, 0.717) is 29.8 Å². The molecule has 3 N–H and O–H groups in total. The van der Waals surface area contributed by atoms with Gasteiger partial charge in [0.15, 0.2) is 0 Å². The zero-order valence-corrected chi connectivity index (χ0v) is 16.4. The summed E-state index contributed by atoms with van der Waals surface area (Å²) in [4.78, 5) is 13.7. The summed E-state index contributed by atoms with van der Waals surface area (Å²) in [6.45, 7) is 0. The van der Waals surface area contributed by atoms with Crippen molar-refractivity contribution >= 4 is 29.1 Å². The number of carbonyl (C=O) groups is 1. The molecule has 9 heteroatoms. The van der Waals surface area contributed by atoms with Crippen LogP contribution in [0, 0.1) is 16.2 Å². The molecule has 0 saturated heterocycles. The maximum Gasteiger partial charge on any atom is 0.416 e. The number of nitrogens with one attached hydrogen (secondary N) is 3. The van der Waals surface area contributed by atoms with Crippen LogP contribution in [-0.4, -0.2) is 36.7 Å². The van der Waals surface area contributed by atoms with Gasteiger partial charge in [0.05, 0.1) is 16.8 Å². The van der Waals surface area contributed by atoms with Gasteiger partial charge in [-0.2, -0.15) is 13.2 Å². The van der Waals surface area contributed by atoms with Crippen molar-refractivity contribution in [3.8, 4) is 0 Å². The Balaban J connectivity index is 0.00000341. The van der Waals surface area contributed by atoms with E-state index in [-0.39, 0.29) is 19.1 Å². The minimum Gasteiger partial charge on any atom is -0.424 e. The lowest BCUT2D eigenvalue weighted by atomic mass is 10.1. The average molecular weight is 420 g/mol. The molecule has 3 rings (SSSR count). The first-order chi connectivity index (χ1) is 14.0. The maximum atomic E-state index is 12.7. The second kappa shape index (κ2) is 7.81. The fourth-order valence-electron chi connectivity index (χ4n) is 3.03. The van der Waals surface area contributed by atoms with Crippen LogP contribution in [0.5, 0.6) is 0 Å². The highest BCUT2D eigenvalue weighted by atomic mass is 19.4. The van der Waals surface area contributed by atoms with Gasteiger partial charge in [-0.05, 0) is 49.2 Å². The van der Waals surface area contributed by atoms with Crippen molar-refractivity contribution in [1.29, 1.82) is 10.8 Å². The Hall–Kier alpha value is -3.36. The summed E-state index contributed by atoms with van der Waals surface area (Å²) in [6, 6.07) is 11.1. The standard InChI is InChI=1S/C21H21F3N4O2.H2/c1-28(2)19(29)20(11-12-20)18(26)30-17(25)15-5-3-4-6-16(15)27-14-9-7-13(8-10-14)21(22,23)24;/h3-10,25-27H,11-12H2,1-2H3;1H. The molecule has 0 unspecified atom stereocenters. The van der Waals surface area contributed by atoms with Crippen LogP contribution < -0.4 is 5.32 Å². The third kappa shape index (κ3) is 4.29. The highest BCUT2D eigenvalue weighted by Crippen LogP contribution is 2.48. The molecule has 0 spiro atoms. The van der Waals surface area contributed by atoms with E-state index < -0.39 is 17.2 Å². The van der Waals surface area contributed by atoms with Crippen LogP contribution in [0.25, 0.3) is 0 Å². The molecule has 0 radical (unpaired) electrons. The van der Waals surface area contributed by atoms with Gasteiger partial charge in [-0.3, -0.25) is 15.6 Å². The van der Waals surface area contributed by atoms with Crippen LogP contribution in [0.3, 0.4) is 0 Å². The normalized spacial score (nSPS) is 14.6. The molecule has 1 amide bonds. The lowest BCUT2D eigenvalue weighted by Gasteiger charge is -2.21. The first-order valence-corrected chi connectivity index (χ1v) is 9.15. The lowest BCUT2D eigenvalue weighted by Crippen LogP contribution is -2.37. The van der Waals surface area contributed by atoms with Crippen molar-refractivity contribution in [1.82, 2.24) is 4.90 Å². The van der Waals surface area contributed by atoms with Crippen molar-refractivity contribution in [3.63, 3.8) is 0 Å². The molecule has 2 aromatic carbocycles. The third-order valence-electron chi connectivity index (χ3n) is 4.87. The van der Waals surface area contributed by atoms with Crippen molar-refractivity contribution < 1.29 is 24.1 Å². The Kier molecular flexibility index (Phi) is 5.56. The van der Waals surface area contributed by atoms with E-state index in [1.165, 1.54) is 17.0 Å². The first-order valence-electron chi connectivity index (χ1n) is 9.15. The molecule has 1 saturated carbocycles. The van der Waals surface area contributed by atoms with Gasteiger partial charge in [-0.25, -0.2) is 0 Å². The molecule has 0 aliphatic heterocycles. The second-order valence-electron chi connectivity index (χ2n) is 7.29. The number of hydrogen-bond donors (Lipinski definition) is 3.